The molecule has 1 unspecified atom stereocenters. The molecular weight excluding hydrogens is 361 g/mol. The monoisotopic (exact) mass is 383 g/mol. The number of carbonyl (C=O) groups excluding carboxylic acids is 1. The first-order chi connectivity index (χ1) is 13.3. The Labute approximate surface area is 162 Å². The third kappa shape index (κ3) is 3.26. The van der Waals surface area contributed by atoms with E-state index in [1.165, 1.54) is 34.9 Å². The molecule has 0 saturated carbocycles. The minimum Gasteiger partial charge on any atom is -0.508 e. The number of halogens is 1. The summed E-state index contributed by atoms with van der Waals surface area (Å²) >= 11 is 0. The maximum Gasteiger partial charge on any atom is 0.311 e. The van der Waals surface area contributed by atoms with Crippen LogP contribution in [0.3, 0.4) is 0 Å². The van der Waals surface area contributed by atoms with Crippen LogP contribution in [0.25, 0.3) is 10.9 Å². The molecule has 1 heterocycles. The number of fused-ring (bicyclic) bond motifs is 1. The third-order valence-corrected chi connectivity index (χ3v) is 5.30. The first kappa shape index (κ1) is 19.6. The topological polar surface area (TPSA) is 79.5 Å². The van der Waals surface area contributed by atoms with Crippen molar-refractivity contribution in [1.29, 1.82) is 0 Å². The number of aromatic hydroxyl groups is 1. The second-order valence-corrected chi connectivity index (χ2v) is 7.05. The average Bonchev–Trinajstić information content (AvgIpc) is 2.92. The molecule has 5 nitrogen and oxygen atoms in total. The second kappa shape index (κ2) is 7.46. The van der Waals surface area contributed by atoms with Gasteiger partial charge in [-0.15, -0.1) is 0 Å². The lowest BCUT2D eigenvalue weighted by Crippen LogP contribution is -2.21. The maximum absolute atomic E-state index is 13.6. The zero-order valence-corrected chi connectivity index (χ0v) is 15.9. The van der Waals surface area contributed by atoms with Crippen molar-refractivity contribution >= 4 is 22.8 Å². The van der Waals surface area contributed by atoms with Gasteiger partial charge in [-0.3, -0.25) is 14.2 Å². The zero-order valence-electron chi connectivity index (χ0n) is 15.9. The second-order valence-electron chi connectivity index (χ2n) is 7.05. The summed E-state index contributed by atoms with van der Waals surface area (Å²) in [5.41, 5.74) is 1.62. The Kier molecular flexibility index (Phi) is 5.23. The Hall–Kier alpha value is -3.15. The quantitative estimate of drug-likeness (QED) is 0.669. The molecular formula is C22H22FNO4. The molecule has 0 saturated heterocycles. The first-order valence-electron chi connectivity index (χ1n) is 9.13. The Bertz CT molecular complexity index is 1070. The van der Waals surface area contributed by atoms with Crippen molar-refractivity contribution in [3.8, 4) is 5.75 Å². The van der Waals surface area contributed by atoms with Crippen LogP contribution in [0.2, 0.25) is 0 Å². The Morgan fingerprint density at radius 2 is 1.89 bits per heavy atom. The van der Waals surface area contributed by atoms with Crippen LogP contribution in [0.4, 0.5) is 4.39 Å². The molecule has 6 heteroatoms. The van der Waals surface area contributed by atoms with Crippen LogP contribution in [0.15, 0.2) is 42.5 Å². The fraction of sp³-hybridized carbons (Fsp3) is 0.273. The molecule has 1 aromatic heterocycles. The van der Waals surface area contributed by atoms with Crippen molar-refractivity contribution in [1.82, 2.24) is 4.57 Å². The lowest BCUT2D eigenvalue weighted by Gasteiger charge is -2.20. The van der Waals surface area contributed by atoms with Gasteiger partial charge in [0.25, 0.3) is 5.91 Å². The molecule has 3 aromatic rings. The summed E-state index contributed by atoms with van der Waals surface area (Å²) in [5.74, 6) is -3.00. The number of hydrogen-bond donors (Lipinski definition) is 2. The van der Waals surface area contributed by atoms with Crippen molar-refractivity contribution in [3.63, 3.8) is 0 Å². The standard InChI is InChI=1S/C22H22FNO4/c1-4-12(2)19(22(27)28)20-13(3)24(18-9-8-16(25)11-17(18)20)21(26)14-6-5-7-15(23)10-14/h5-12,19,25H,4H2,1-3H3,(H,27,28)/t12?,19-/m1/s1. The number of phenols is 1. The van der Waals surface area contributed by atoms with E-state index in [1.807, 2.05) is 13.8 Å². The molecule has 2 atom stereocenters. The molecule has 0 fully saturated rings. The number of hydrogen-bond acceptors (Lipinski definition) is 3. The van der Waals surface area contributed by atoms with Crippen molar-refractivity contribution in [3.05, 3.63) is 65.1 Å². The largest absolute Gasteiger partial charge is 0.508 e. The number of phenolic OH excluding ortho intramolecular Hbond substituents is 1. The van der Waals surface area contributed by atoms with Crippen LogP contribution in [0, 0.1) is 18.7 Å². The lowest BCUT2D eigenvalue weighted by molar-refractivity contribution is -0.140. The van der Waals surface area contributed by atoms with E-state index < -0.39 is 23.6 Å². The predicted octanol–water partition coefficient (Wildman–Crippen LogP) is 4.70. The molecule has 0 aliphatic carbocycles. The van der Waals surface area contributed by atoms with Crippen LogP contribution in [0.1, 0.15) is 47.8 Å². The third-order valence-electron chi connectivity index (χ3n) is 5.30. The van der Waals surface area contributed by atoms with Gasteiger partial charge in [0, 0.05) is 16.6 Å². The van der Waals surface area contributed by atoms with E-state index in [0.29, 0.717) is 28.6 Å². The number of aromatic nitrogens is 1. The van der Waals surface area contributed by atoms with E-state index in [4.69, 9.17) is 0 Å². The number of carboxylic acids is 1. The molecule has 2 N–H and O–H groups in total. The van der Waals surface area contributed by atoms with Gasteiger partial charge in [-0.05, 0) is 54.8 Å². The summed E-state index contributed by atoms with van der Waals surface area (Å²) in [6.45, 7) is 5.44. The van der Waals surface area contributed by atoms with Crippen LogP contribution in [-0.4, -0.2) is 26.7 Å². The van der Waals surface area contributed by atoms with Gasteiger partial charge in [0.2, 0.25) is 0 Å². The summed E-state index contributed by atoms with van der Waals surface area (Å²) in [6.07, 6.45) is 0.639. The lowest BCUT2D eigenvalue weighted by atomic mass is 9.84. The SMILES string of the molecule is CCC(C)[C@@H](C(=O)O)c1c(C)n(C(=O)c2cccc(F)c2)c2ccc(O)cc12. The van der Waals surface area contributed by atoms with Gasteiger partial charge in [-0.2, -0.15) is 0 Å². The summed E-state index contributed by atoms with van der Waals surface area (Å²) in [6, 6.07) is 9.87. The molecule has 0 bridgehead atoms. The molecule has 0 radical (unpaired) electrons. The summed E-state index contributed by atoms with van der Waals surface area (Å²) in [7, 11) is 0. The van der Waals surface area contributed by atoms with Gasteiger partial charge in [-0.25, -0.2) is 4.39 Å². The summed E-state index contributed by atoms with van der Waals surface area (Å²) in [5, 5.41) is 20.4. The summed E-state index contributed by atoms with van der Waals surface area (Å²) in [4.78, 5) is 25.2. The molecule has 2 aromatic carbocycles. The Morgan fingerprint density at radius 3 is 2.50 bits per heavy atom. The number of benzene rings is 2. The van der Waals surface area contributed by atoms with E-state index in [1.54, 1.807) is 13.0 Å². The van der Waals surface area contributed by atoms with E-state index in [0.717, 1.165) is 6.07 Å². The maximum atomic E-state index is 13.6. The van der Waals surface area contributed by atoms with E-state index >= 15 is 0 Å². The van der Waals surface area contributed by atoms with Crippen molar-refractivity contribution in [2.45, 2.75) is 33.1 Å². The zero-order chi connectivity index (χ0) is 20.6. The summed E-state index contributed by atoms with van der Waals surface area (Å²) < 4.78 is 15.0. The number of carbonyl (C=O) groups is 2. The highest BCUT2D eigenvalue weighted by Crippen LogP contribution is 2.38. The van der Waals surface area contributed by atoms with E-state index in [-0.39, 0.29) is 17.2 Å². The van der Waals surface area contributed by atoms with Crippen molar-refractivity contribution in [2.24, 2.45) is 5.92 Å². The van der Waals surface area contributed by atoms with Gasteiger partial charge < -0.3 is 10.2 Å². The highest BCUT2D eigenvalue weighted by molar-refractivity contribution is 6.05. The van der Waals surface area contributed by atoms with Gasteiger partial charge in [0.05, 0.1) is 11.4 Å². The van der Waals surface area contributed by atoms with Gasteiger partial charge in [0.15, 0.2) is 0 Å². The fourth-order valence-electron chi connectivity index (χ4n) is 3.72. The molecule has 146 valence electrons. The molecule has 28 heavy (non-hydrogen) atoms. The normalized spacial score (nSPS) is 13.4. The van der Waals surface area contributed by atoms with E-state index in [2.05, 4.69) is 0 Å². The molecule has 0 aliphatic heterocycles. The molecule has 0 spiro atoms. The highest BCUT2D eigenvalue weighted by atomic mass is 19.1. The molecule has 3 rings (SSSR count). The predicted molar refractivity (Wildman–Crippen MR) is 104 cm³/mol. The van der Waals surface area contributed by atoms with Crippen molar-refractivity contribution in [2.75, 3.05) is 0 Å². The smallest absolute Gasteiger partial charge is 0.311 e. The molecule has 0 amide bonds. The van der Waals surface area contributed by atoms with Crippen LogP contribution in [-0.2, 0) is 4.79 Å². The number of nitrogens with zero attached hydrogens (tertiary/aromatic N) is 1. The highest BCUT2D eigenvalue weighted by Gasteiger charge is 2.32. The minimum atomic E-state index is -0.988. The average molecular weight is 383 g/mol. The minimum absolute atomic E-state index is 0.0163. The molecule has 0 aliphatic rings. The fourth-order valence-corrected chi connectivity index (χ4v) is 3.72. The number of rotatable bonds is 5. The van der Waals surface area contributed by atoms with Gasteiger partial charge in [0.1, 0.15) is 11.6 Å². The Balaban J connectivity index is 2.32. The van der Waals surface area contributed by atoms with Crippen molar-refractivity contribution < 1.29 is 24.2 Å². The van der Waals surface area contributed by atoms with Gasteiger partial charge in [-0.1, -0.05) is 26.3 Å². The van der Waals surface area contributed by atoms with Crippen LogP contribution in [0.5, 0.6) is 5.75 Å². The van der Waals surface area contributed by atoms with Crippen LogP contribution >= 0.6 is 0 Å². The number of carboxylic acid groups (broad SMARTS) is 1. The van der Waals surface area contributed by atoms with Gasteiger partial charge >= 0.3 is 5.97 Å². The van der Waals surface area contributed by atoms with E-state index in [9.17, 15) is 24.2 Å². The number of aliphatic carboxylic acids is 1. The first-order valence-corrected chi connectivity index (χ1v) is 9.13. The van der Waals surface area contributed by atoms with Crippen LogP contribution < -0.4 is 0 Å². The Morgan fingerprint density at radius 1 is 1.18 bits per heavy atom.